The monoisotopic (exact) mass is 266 g/mol. The number of nitrogens with one attached hydrogen (secondary N) is 1. The fourth-order valence-electron chi connectivity index (χ4n) is 2.49. The lowest BCUT2D eigenvalue weighted by Crippen LogP contribution is -2.39. The molecule has 0 amide bonds. The van der Waals surface area contributed by atoms with Crippen molar-refractivity contribution in [2.75, 3.05) is 20.6 Å². The van der Waals surface area contributed by atoms with E-state index in [1.165, 1.54) is 12.0 Å². The topological polar surface area (TPSA) is 33.1 Å². The normalized spacial score (nSPS) is 15.2. The maximum absolute atomic E-state index is 4.41. The van der Waals surface area contributed by atoms with Gasteiger partial charge in [0.2, 0.25) is 0 Å². The Bertz CT molecular complexity index is 381. The molecule has 1 aromatic rings. The smallest absolute Gasteiger partial charge is 0.0641 e. The third kappa shape index (κ3) is 4.96. The van der Waals surface area contributed by atoms with Crippen molar-refractivity contribution in [2.24, 2.45) is 13.0 Å². The van der Waals surface area contributed by atoms with Gasteiger partial charge in [-0.05, 0) is 40.3 Å². The van der Waals surface area contributed by atoms with E-state index in [4.69, 9.17) is 0 Å². The Kier molecular flexibility index (Phi) is 6.01. The Balaban J connectivity index is 2.56. The van der Waals surface area contributed by atoms with Gasteiger partial charge in [-0.2, -0.15) is 5.10 Å². The molecule has 0 aliphatic carbocycles. The lowest BCUT2D eigenvalue weighted by atomic mass is 10.0. The molecule has 110 valence electrons. The van der Waals surface area contributed by atoms with Crippen LogP contribution in [0.5, 0.6) is 0 Å². The number of aromatic nitrogens is 2. The number of hydrogen-bond acceptors (Lipinski definition) is 3. The highest BCUT2D eigenvalue weighted by Crippen LogP contribution is 2.16. The molecule has 19 heavy (non-hydrogen) atoms. The van der Waals surface area contributed by atoms with Crippen molar-refractivity contribution in [1.29, 1.82) is 0 Å². The van der Waals surface area contributed by atoms with E-state index in [0.717, 1.165) is 18.2 Å². The summed E-state index contributed by atoms with van der Waals surface area (Å²) in [5.74, 6) is 0.727. The average Bonchev–Trinajstić information content (AvgIpc) is 2.62. The summed E-state index contributed by atoms with van der Waals surface area (Å²) in [5, 5.41) is 8.05. The Morgan fingerprint density at radius 3 is 2.37 bits per heavy atom. The maximum Gasteiger partial charge on any atom is 0.0641 e. The minimum atomic E-state index is 0.350. The molecule has 0 fully saturated rings. The molecule has 0 saturated heterocycles. The van der Waals surface area contributed by atoms with Gasteiger partial charge >= 0.3 is 0 Å². The summed E-state index contributed by atoms with van der Waals surface area (Å²) in [6.45, 7) is 9.87. The molecule has 2 unspecified atom stereocenters. The molecule has 1 aromatic heterocycles. The molecule has 1 heterocycles. The highest BCUT2D eigenvalue weighted by molar-refractivity contribution is 5.19. The fraction of sp³-hybridized carbons (Fsp3) is 0.800. The largest absolute Gasteiger partial charge is 0.309 e. The van der Waals surface area contributed by atoms with Gasteiger partial charge in [0.1, 0.15) is 0 Å². The van der Waals surface area contributed by atoms with E-state index in [0.29, 0.717) is 12.1 Å². The molecule has 4 nitrogen and oxygen atoms in total. The molecule has 4 heteroatoms. The van der Waals surface area contributed by atoms with Gasteiger partial charge in [0.25, 0.3) is 0 Å². The van der Waals surface area contributed by atoms with Crippen molar-refractivity contribution in [3.05, 3.63) is 17.5 Å². The van der Waals surface area contributed by atoms with Gasteiger partial charge in [-0.15, -0.1) is 0 Å². The van der Waals surface area contributed by atoms with E-state index >= 15 is 0 Å². The number of nitrogens with zero attached hydrogens (tertiary/aromatic N) is 3. The predicted octanol–water partition coefficient (Wildman–Crippen LogP) is 2.36. The van der Waals surface area contributed by atoms with Crippen LogP contribution >= 0.6 is 0 Å². The Morgan fingerprint density at radius 1 is 1.32 bits per heavy atom. The van der Waals surface area contributed by atoms with E-state index < -0.39 is 0 Å². The molecule has 2 atom stereocenters. The predicted molar refractivity (Wildman–Crippen MR) is 81.3 cm³/mol. The van der Waals surface area contributed by atoms with E-state index in [1.54, 1.807) is 0 Å². The molecule has 0 saturated carbocycles. The standard InChI is InChI=1S/C15H30N4/c1-11(2)8-14(18(5)6)9-16-12(3)15-10-19(7)17-13(15)4/h10-12,14,16H,8-9H2,1-7H3. The molecular formula is C15H30N4. The minimum absolute atomic E-state index is 0.350. The third-order valence-electron chi connectivity index (χ3n) is 3.65. The van der Waals surface area contributed by atoms with Crippen LogP contribution < -0.4 is 5.32 Å². The van der Waals surface area contributed by atoms with Gasteiger partial charge in [-0.3, -0.25) is 4.68 Å². The van der Waals surface area contributed by atoms with Crippen molar-refractivity contribution in [2.45, 2.75) is 46.2 Å². The minimum Gasteiger partial charge on any atom is -0.309 e. The van der Waals surface area contributed by atoms with Gasteiger partial charge in [0.05, 0.1) is 5.69 Å². The molecule has 0 radical (unpaired) electrons. The van der Waals surface area contributed by atoms with Crippen LogP contribution in [0.15, 0.2) is 6.20 Å². The van der Waals surface area contributed by atoms with E-state index in [-0.39, 0.29) is 0 Å². The lowest BCUT2D eigenvalue weighted by Gasteiger charge is -2.28. The highest BCUT2D eigenvalue weighted by atomic mass is 15.3. The van der Waals surface area contributed by atoms with Crippen LogP contribution in [0.1, 0.15) is 44.5 Å². The molecule has 0 aromatic carbocycles. The molecule has 0 aliphatic rings. The Morgan fingerprint density at radius 2 is 1.95 bits per heavy atom. The first-order valence-corrected chi connectivity index (χ1v) is 7.21. The fourth-order valence-corrected chi connectivity index (χ4v) is 2.49. The second-order valence-electron chi connectivity index (χ2n) is 6.22. The SMILES string of the molecule is Cc1nn(C)cc1C(C)NCC(CC(C)C)N(C)C. The summed E-state index contributed by atoms with van der Waals surface area (Å²) >= 11 is 0. The second kappa shape index (κ2) is 7.06. The van der Waals surface area contributed by atoms with Crippen molar-refractivity contribution in [1.82, 2.24) is 20.0 Å². The first-order valence-electron chi connectivity index (χ1n) is 7.21. The molecule has 0 spiro atoms. The summed E-state index contributed by atoms with van der Waals surface area (Å²) in [6, 6.07) is 0.933. The zero-order chi connectivity index (χ0) is 14.6. The molecule has 0 bridgehead atoms. The maximum atomic E-state index is 4.41. The summed E-state index contributed by atoms with van der Waals surface area (Å²) in [4.78, 5) is 2.32. The second-order valence-corrected chi connectivity index (χ2v) is 6.22. The van der Waals surface area contributed by atoms with Crippen LogP contribution in [0.4, 0.5) is 0 Å². The van der Waals surface area contributed by atoms with Crippen LogP contribution in [0.2, 0.25) is 0 Å². The molecular weight excluding hydrogens is 236 g/mol. The van der Waals surface area contributed by atoms with E-state index in [9.17, 15) is 0 Å². The number of aryl methyl sites for hydroxylation is 2. The Hall–Kier alpha value is -0.870. The van der Waals surface area contributed by atoms with Crippen LogP contribution in [0.25, 0.3) is 0 Å². The molecule has 1 rings (SSSR count). The van der Waals surface area contributed by atoms with E-state index in [1.807, 2.05) is 11.7 Å². The van der Waals surface area contributed by atoms with E-state index in [2.05, 4.69) is 63.3 Å². The van der Waals surface area contributed by atoms with Crippen LogP contribution in [-0.2, 0) is 7.05 Å². The summed E-state index contributed by atoms with van der Waals surface area (Å²) in [6.07, 6.45) is 3.33. The van der Waals surface area contributed by atoms with Gasteiger partial charge in [0, 0.05) is 37.4 Å². The van der Waals surface area contributed by atoms with Gasteiger partial charge < -0.3 is 10.2 Å². The van der Waals surface area contributed by atoms with Crippen molar-refractivity contribution < 1.29 is 0 Å². The molecule has 1 N–H and O–H groups in total. The zero-order valence-corrected chi connectivity index (χ0v) is 13.6. The average molecular weight is 266 g/mol. The Labute approximate surface area is 118 Å². The van der Waals surface area contributed by atoms with Gasteiger partial charge in [-0.25, -0.2) is 0 Å². The number of likely N-dealkylation sites (N-methyl/N-ethyl adjacent to an activating group) is 1. The summed E-state index contributed by atoms with van der Waals surface area (Å²) < 4.78 is 1.89. The molecule has 0 aliphatic heterocycles. The first-order chi connectivity index (χ1) is 8.81. The van der Waals surface area contributed by atoms with Crippen LogP contribution in [-0.4, -0.2) is 41.4 Å². The summed E-state index contributed by atoms with van der Waals surface area (Å²) in [5.41, 5.74) is 2.41. The third-order valence-corrected chi connectivity index (χ3v) is 3.65. The van der Waals surface area contributed by atoms with Crippen LogP contribution in [0.3, 0.4) is 0 Å². The lowest BCUT2D eigenvalue weighted by molar-refractivity contribution is 0.242. The van der Waals surface area contributed by atoms with Crippen molar-refractivity contribution in [3.8, 4) is 0 Å². The van der Waals surface area contributed by atoms with Crippen LogP contribution in [0, 0.1) is 12.8 Å². The zero-order valence-electron chi connectivity index (χ0n) is 13.6. The van der Waals surface area contributed by atoms with Crippen molar-refractivity contribution >= 4 is 0 Å². The number of rotatable bonds is 7. The van der Waals surface area contributed by atoms with Gasteiger partial charge in [-0.1, -0.05) is 13.8 Å². The highest BCUT2D eigenvalue weighted by Gasteiger charge is 2.16. The van der Waals surface area contributed by atoms with Gasteiger partial charge in [0.15, 0.2) is 0 Å². The van der Waals surface area contributed by atoms with Crippen molar-refractivity contribution in [3.63, 3.8) is 0 Å². The first kappa shape index (κ1) is 16.2. The quantitative estimate of drug-likeness (QED) is 0.822. The summed E-state index contributed by atoms with van der Waals surface area (Å²) in [7, 11) is 6.30. The number of hydrogen-bond donors (Lipinski definition) is 1.